The predicted molar refractivity (Wildman–Crippen MR) is 67.0 cm³/mol. The van der Waals surface area contributed by atoms with E-state index in [0.717, 1.165) is 43.1 Å². The van der Waals surface area contributed by atoms with E-state index >= 15 is 0 Å². The second-order valence-electron chi connectivity index (χ2n) is 4.27. The molecule has 0 saturated carbocycles. The van der Waals surface area contributed by atoms with Crippen molar-refractivity contribution in [3.63, 3.8) is 0 Å². The molecule has 16 heavy (non-hydrogen) atoms. The highest BCUT2D eigenvalue weighted by molar-refractivity contribution is 7.71. The van der Waals surface area contributed by atoms with E-state index in [1.807, 2.05) is 6.92 Å². The van der Waals surface area contributed by atoms with Gasteiger partial charge in [0, 0.05) is 38.3 Å². The van der Waals surface area contributed by atoms with Crippen molar-refractivity contribution in [1.82, 2.24) is 20.4 Å². The molecule has 2 rings (SSSR count). The molecule has 0 aromatic carbocycles. The fourth-order valence-electron chi connectivity index (χ4n) is 1.96. The van der Waals surface area contributed by atoms with E-state index in [2.05, 4.69) is 27.3 Å². The molecule has 1 aliphatic heterocycles. The first-order chi connectivity index (χ1) is 7.68. The van der Waals surface area contributed by atoms with Crippen molar-refractivity contribution in [1.29, 1.82) is 0 Å². The van der Waals surface area contributed by atoms with E-state index in [9.17, 15) is 0 Å². The molecule has 0 unspecified atom stereocenters. The monoisotopic (exact) mass is 238 g/mol. The largest absolute Gasteiger partial charge is 0.314 e. The molecule has 0 bridgehead atoms. The molecule has 1 fully saturated rings. The molecule has 0 amide bonds. The molecule has 0 radical (unpaired) electrons. The summed E-state index contributed by atoms with van der Waals surface area (Å²) in [5.41, 5.74) is 3.49. The third kappa shape index (κ3) is 2.48. The van der Waals surface area contributed by atoms with Crippen LogP contribution in [-0.4, -0.2) is 41.3 Å². The highest BCUT2D eigenvalue weighted by Gasteiger charge is 2.13. The third-order valence-corrected chi connectivity index (χ3v) is 3.52. The molecular formula is C11H18N4S. The smallest absolute Gasteiger partial charge is 0.124 e. The maximum atomic E-state index is 5.31. The number of aryl methyl sites for hydroxylation is 1. The summed E-state index contributed by atoms with van der Waals surface area (Å²) in [4.78, 5) is 2.43. The number of nitrogens with one attached hydrogen (secondary N) is 2. The third-order valence-electron chi connectivity index (χ3n) is 3.19. The Morgan fingerprint density at radius 1 is 1.31 bits per heavy atom. The van der Waals surface area contributed by atoms with Gasteiger partial charge in [-0.05, 0) is 19.4 Å². The lowest BCUT2D eigenvalue weighted by Crippen LogP contribution is -2.43. The highest BCUT2D eigenvalue weighted by Crippen LogP contribution is 2.13. The molecule has 1 aromatic rings. The first kappa shape index (κ1) is 11.7. The van der Waals surface area contributed by atoms with Gasteiger partial charge < -0.3 is 5.32 Å². The number of aromatic amines is 1. The van der Waals surface area contributed by atoms with E-state index in [1.165, 1.54) is 11.1 Å². The van der Waals surface area contributed by atoms with E-state index < -0.39 is 0 Å². The Balaban J connectivity index is 2.20. The van der Waals surface area contributed by atoms with Gasteiger partial charge in [-0.2, -0.15) is 5.10 Å². The Bertz CT molecular complexity index is 420. The summed E-state index contributed by atoms with van der Waals surface area (Å²) < 4.78 is 0.779. The molecule has 0 spiro atoms. The zero-order valence-electron chi connectivity index (χ0n) is 9.84. The van der Waals surface area contributed by atoms with Crippen LogP contribution in [0, 0.1) is 18.5 Å². The zero-order chi connectivity index (χ0) is 11.5. The normalized spacial score (nSPS) is 17.6. The van der Waals surface area contributed by atoms with Gasteiger partial charge in [-0.15, -0.1) is 0 Å². The minimum Gasteiger partial charge on any atom is -0.314 e. The van der Waals surface area contributed by atoms with Crippen molar-refractivity contribution < 1.29 is 0 Å². The topological polar surface area (TPSA) is 44.0 Å². The van der Waals surface area contributed by atoms with Crippen LogP contribution in [0.25, 0.3) is 0 Å². The van der Waals surface area contributed by atoms with Gasteiger partial charge in [0.15, 0.2) is 0 Å². The first-order valence-corrected chi connectivity index (χ1v) is 6.07. The van der Waals surface area contributed by atoms with Crippen LogP contribution in [0.4, 0.5) is 0 Å². The summed E-state index contributed by atoms with van der Waals surface area (Å²) in [6.07, 6.45) is 0. The van der Waals surface area contributed by atoms with Gasteiger partial charge in [0.1, 0.15) is 4.64 Å². The molecule has 0 atom stereocenters. The quantitative estimate of drug-likeness (QED) is 0.759. The number of rotatable bonds is 2. The maximum Gasteiger partial charge on any atom is 0.124 e. The lowest BCUT2D eigenvalue weighted by molar-refractivity contribution is 0.232. The summed E-state index contributed by atoms with van der Waals surface area (Å²) >= 11 is 5.31. The van der Waals surface area contributed by atoms with Gasteiger partial charge in [-0.1, -0.05) is 12.2 Å². The molecule has 2 N–H and O–H groups in total. The average Bonchev–Trinajstić information content (AvgIpc) is 2.31. The molecule has 1 aliphatic rings. The lowest BCUT2D eigenvalue weighted by Gasteiger charge is -2.27. The van der Waals surface area contributed by atoms with Crippen LogP contribution in [0.3, 0.4) is 0 Å². The molecule has 0 aliphatic carbocycles. The second-order valence-corrected chi connectivity index (χ2v) is 4.68. The Labute approximate surface area is 101 Å². The number of nitrogens with zero attached hydrogens (tertiary/aromatic N) is 2. The minimum absolute atomic E-state index is 0.779. The van der Waals surface area contributed by atoms with Crippen LogP contribution >= 0.6 is 12.2 Å². The van der Waals surface area contributed by atoms with Crippen LogP contribution < -0.4 is 5.32 Å². The number of piperazine rings is 1. The number of aromatic nitrogens is 2. The number of hydrogen-bond acceptors (Lipinski definition) is 4. The van der Waals surface area contributed by atoms with Crippen molar-refractivity contribution in [2.75, 3.05) is 26.2 Å². The minimum atomic E-state index is 0.779. The van der Waals surface area contributed by atoms with Crippen LogP contribution in [0.1, 0.15) is 16.8 Å². The zero-order valence-corrected chi connectivity index (χ0v) is 10.7. The molecule has 1 saturated heterocycles. The Hall–Kier alpha value is -0.780. The van der Waals surface area contributed by atoms with Gasteiger partial charge in [-0.3, -0.25) is 10.00 Å². The van der Waals surface area contributed by atoms with Crippen molar-refractivity contribution >= 4 is 12.2 Å². The van der Waals surface area contributed by atoms with Gasteiger partial charge in [0.25, 0.3) is 0 Å². The van der Waals surface area contributed by atoms with Crippen molar-refractivity contribution in [3.8, 4) is 0 Å². The van der Waals surface area contributed by atoms with Crippen LogP contribution in [0.15, 0.2) is 0 Å². The fourth-order valence-corrected chi connectivity index (χ4v) is 2.22. The molecule has 5 heteroatoms. The van der Waals surface area contributed by atoms with Crippen LogP contribution in [0.5, 0.6) is 0 Å². The van der Waals surface area contributed by atoms with Gasteiger partial charge >= 0.3 is 0 Å². The number of hydrogen-bond donors (Lipinski definition) is 2. The summed E-state index contributed by atoms with van der Waals surface area (Å²) in [5, 5.41) is 10.4. The van der Waals surface area contributed by atoms with E-state index in [1.54, 1.807) is 0 Å². The predicted octanol–water partition coefficient (Wildman–Crippen LogP) is 1.16. The van der Waals surface area contributed by atoms with E-state index in [4.69, 9.17) is 12.2 Å². The summed E-state index contributed by atoms with van der Waals surface area (Å²) in [6, 6.07) is 0. The SMILES string of the molecule is Cc1n[nH]c(=S)c(CN2CCNCC2)c1C. The van der Waals surface area contributed by atoms with Crippen molar-refractivity contribution in [2.24, 2.45) is 0 Å². The maximum absolute atomic E-state index is 5.31. The summed E-state index contributed by atoms with van der Waals surface area (Å²) in [5.74, 6) is 0. The molecule has 4 nitrogen and oxygen atoms in total. The first-order valence-electron chi connectivity index (χ1n) is 5.66. The van der Waals surface area contributed by atoms with Crippen molar-refractivity contribution in [3.05, 3.63) is 21.5 Å². The number of H-pyrrole nitrogens is 1. The van der Waals surface area contributed by atoms with Crippen LogP contribution in [0.2, 0.25) is 0 Å². The van der Waals surface area contributed by atoms with Gasteiger partial charge in [0.2, 0.25) is 0 Å². The van der Waals surface area contributed by atoms with E-state index in [0.29, 0.717) is 0 Å². The average molecular weight is 238 g/mol. The fraction of sp³-hybridized carbons (Fsp3) is 0.636. The molecule has 88 valence electrons. The summed E-state index contributed by atoms with van der Waals surface area (Å²) in [7, 11) is 0. The molecular weight excluding hydrogens is 220 g/mol. The molecule has 2 heterocycles. The van der Waals surface area contributed by atoms with Gasteiger partial charge in [0.05, 0.1) is 5.69 Å². The van der Waals surface area contributed by atoms with Crippen molar-refractivity contribution in [2.45, 2.75) is 20.4 Å². The van der Waals surface area contributed by atoms with E-state index in [-0.39, 0.29) is 0 Å². The Morgan fingerprint density at radius 2 is 2.00 bits per heavy atom. The Kier molecular flexibility index (Phi) is 3.68. The lowest BCUT2D eigenvalue weighted by atomic mass is 10.1. The summed E-state index contributed by atoms with van der Waals surface area (Å²) in [6.45, 7) is 9.38. The Morgan fingerprint density at radius 3 is 2.69 bits per heavy atom. The van der Waals surface area contributed by atoms with Crippen LogP contribution in [-0.2, 0) is 6.54 Å². The second kappa shape index (κ2) is 5.03. The highest BCUT2D eigenvalue weighted by atomic mass is 32.1. The molecule has 1 aromatic heterocycles. The standard InChI is InChI=1S/C11H18N4S/c1-8-9(2)13-14-11(16)10(8)7-15-5-3-12-4-6-15/h12H,3-7H2,1-2H3,(H,14,16). The van der Waals surface area contributed by atoms with Gasteiger partial charge in [-0.25, -0.2) is 0 Å².